The quantitative estimate of drug-likeness (QED) is 0.101. The third kappa shape index (κ3) is 10.5. The van der Waals surface area contributed by atoms with Crippen LogP contribution in [0.4, 0.5) is 27.5 Å². The smallest absolute Gasteiger partial charge is 0.417 e. The highest BCUT2D eigenvalue weighted by Gasteiger charge is 2.27. The summed E-state index contributed by atoms with van der Waals surface area (Å²) in [5.41, 5.74) is 4.60. The van der Waals surface area contributed by atoms with Crippen molar-refractivity contribution in [2.45, 2.75) is 96.8 Å². The zero-order chi connectivity index (χ0) is 35.6. The lowest BCUT2D eigenvalue weighted by molar-refractivity contribution is 0.215. The molecule has 3 N–H and O–H groups in total. The van der Waals surface area contributed by atoms with E-state index in [2.05, 4.69) is 36.1 Å². The van der Waals surface area contributed by atoms with Crippen LogP contribution < -0.4 is 24.8 Å². The minimum absolute atomic E-state index is 0.0165. The molecule has 8 nitrogen and oxygen atoms in total. The van der Waals surface area contributed by atoms with E-state index in [9.17, 15) is 13.2 Å². The molecule has 4 aromatic carbocycles. The second-order valence-corrected chi connectivity index (χ2v) is 14.9. The fraction of sp³-hybridized carbons (Fsp3) is 0.375. The molecule has 4 rings (SSSR count). The maximum Gasteiger partial charge on any atom is 0.417 e. The maximum absolute atomic E-state index is 14.2. The van der Waals surface area contributed by atoms with Crippen LogP contribution in [0.3, 0.4) is 0 Å². The van der Waals surface area contributed by atoms with Gasteiger partial charge in [-0.25, -0.2) is 13.2 Å². The number of hydrogen-bond acceptors (Lipinski definition) is 6. The molecular formula is C40H51N3O5S. The van der Waals surface area contributed by atoms with Crippen LogP contribution in [0.15, 0.2) is 89.8 Å². The predicted octanol–water partition coefficient (Wildman–Crippen LogP) is 11.2. The summed E-state index contributed by atoms with van der Waals surface area (Å²) in [6.45, 7) is 15.1. The molecule has 0 unspecified atom stereocenters. The zero-order valence-electron chi connectivity index (χ0n) is 29.8. The molecule has 0 aliphatic rings. The average Bonchev–Trinajstić information content (AvgIpc) is 3.06. The summed E-state index contributed by atoms with van der Waals surface area (Å²) in [4.78, 5) is 13.3. The average molecular weight is 686 g/mol. The Labute approximate surface area is 292 Å². The van der Waals surface area contributed by atoms with Crippen molar-refractivity contribution in [3.05, 3.63) is 102 Å². The van der Waals surface area contributed by atoms with Crippen molar-refractivity contribution in [1.29, 1.82) is 0 Å². The molecule has 0 fully saturated rings. The molecular weight excluding hydrogens is 635 g/mol. The van der Waals surface area contributed by atoms with Crippen molar-refractivity contribution in [3.63, 3.8) is 0 Å². The molecule has 49 heavy (non-hydrogen) atoms. The summed E-state index contributed by atoms with van der Waals surface area (Å²) in [6.07, 6.45) is 3.82. The number of para-hydroxylation sites is 1. The highest BCUT2D eigenvalue weighted by atomic mass is 32.2. The number of unbranched alkanes of at least 4 members (excludes halogenated alkanes) is 3. The van der Waals surface area contributed by atoms with Crippen molar-refractivity contribution >= 4 is 38.9 Å². The Bertz CT molecular complexity index is 1760. The van der Waals surface area contributed by atoms with Crippen LogP contribution in [-0.4, -0.2) is 21.1 Å². The Kier molecular flexibility index (Phi) is 13.1. The lowest BCUT2D eigenvalue weighted by Gasteiger charge is -2.23. The van der Waals surface area contributed by atoms with Gasteiger partial charge in [-0.3, -0.25) is 10.0 Å². The molecule has 0 aliphatic heterocycles. The van der Waals surface area contributed by atoms with Crippen LogP contribution in [-0.2, 0) is 10.0 Å². The molecule has 0 radical (unpaired) electrons. The topological polar surface area (TPSA) is 106 Å². The zero-order valence-corrected chi connectivity index (χ0v) is 30.6. The first-order valence-corrected chi connectivity index (χ1v) is 18.7. The molecule has 9 heteroatoms. The van der Waals surface area contributed by atoms with Gasteiger partial charge < -0.3 is 14.8 Å². The Hall–Kier alpha value is -4.50. The van der Waals surface area contributed by atoms with E-state index in [1.807, 2.05) is 70.2 Å². The first kappa shape index (κ1) is 37.3. The third-order valence-corrected chi connectivity index (χ3v) is 9.72. The van der Waals surface area contributed by atoms with Gasteiger partial charge in [0.25, 0.3) is 10.0 Å². The summed E-state index contributed by atoms with van der Waals surface area (Å²) < 4.78 is 42.6. The number of anilines is 4. The monoisotopic (exact) mass is 685 g/mol. The van der Waals surface area contributed by atoms with E-state index in [4.69, 9.17) is 9.47 Å². The molecule has 1 amide bonds. The van der Waals surface area contributed by atoms with Gasteiger partial charge in [-0.05, 0) is 95.5 Å². The van der Waals surface area contributed by atoms with Gasteiger partial charge in [0.15, 0.2) is 0 Å². The molecule has 0 aromatic heterocycles. The number of nitrogens with one attached hydrogen (secondary N) is 3. The summed E-state index contributed by atoms with van der Waals surface area (Å²) in [7, 11) is -4.02. The molecule has 0 atom stereocenters. The van der Waals surface area contributed by atoms with E-state index >= 15 is 0 Å². The Morgan fingerprint density at radius 1 is 0.694 bits per heavy atom. The normalized spacial score (nSPS) is 11.6. The molecule has 262 valence electrons. The van der Waals surface area contributed by atoms with Gasteiger partial charge in [0.2, 0.25) is 0 Å². The summed E-state index contributed by atoms with van der Waals surface area (Å²) in [6, 6.07) is 25.3. The van der Waals surface area contributed by atoms with Crippen LogP contribution in [0.5, 0.6) is 11.5 Å². The number of amides is 1. The fourth-order valence-corrected chi connectivity index (χ4v) is 7.22. The number of ether oxygens (including phenoxy) is 2. The Balaban J connectivity index is 1.65. The third-order valence-electron chi connectivity index (χ3n) is 8.21. The van der Waals surface area contributed by atoms with E-state index in [1.54, 1.807) is 42.5 Å². The van der Waals surface area contributed by atoms with Gasteiger partial charge in [0.05, 0.1) is 28.6 Å². The second-order valence-electron chi connectivity index (χ2n) is 13.2. The summed E-state index contributed by atoms with van der Waals surface area (Å²) in [5, 5.41) is 6.13. The summed E-state index contributed by atoms with van der Waals surface area (Å²) >= 11 is 0. The van der Waals surface area contributed by atoms with Crippen molar-refractivity contribution in [3.8, 4) is 11.5 Å². The van der Waals surface area contributed by atoms with Crippen LogP contribution in [0, 0.1) is 0 Å². The van der Waals surface area contributed by atoms with E-state index in [-0.39, 0.29) is 17.8 Å². The number of carbonyl (C=O) groups excluding carboxylic acids is 1. The van der Waals surface area contributed by atoms with Gasteiger partial charge in [-0.1, -0.05) is 98.1 Å². The van der Waals surface area contributed by atoms with E-state index in [1.165, 1.54) is 12.8 Å². The van der Waals surface area contributed by atoms with Crippen molar-refractivity contribution in [1.82, 2.24) is 0 Å². The van der Waals surface area contributed by atoms with Crippen LogP contribution in [0.2, 0.25) is 0 Å². The Morgan fingerprint density at radius 3 is 1.92 bits per heavy atom. The van der Waals surface area contributed by atoms with Crippen molar-refractivity contribution < 1.29 is 22.7 Å². The molecule has 0 saturated heterocycles. The first-order valence-electron chi connectivity index (χ1n) is 17.3. The number of rotatable bonds is 16. The van der Waals surface area contributed by atoms with Gasteiger partial charge in [-0.15, -0.1) is 0 Å². The number of sulfonamides is 1. The Morgan fingerprint density at radius 2 is 1.33 bits per heavy atom. The predicted molar refractivity (Wildman–Crippen MR) is 201 cm³/mol. The lowest BCUT2D eigenvalue weighted by Crippen LogP contribution is -2.20. The SMILES string of the molecule is CCCCCCOc1ccc(Nc2ccc(NS(=O)(=O)c3c(C(C)C)cc(C(C)C)cc3C(C)C)cc2NC(=O)Oc2ccccc2)cc1. The number of benzene rings is 4. The number of carbonyl (C=O) groups is 1. The van der Waals surface area contributed by atoms with Gasteiger partial charge in [-0.2, -0.15) is 0 Å². The molecule has 4 aromatic rings. The van der Waals surface area contributed by atoms with Crippen molar-refractivity contribution in [2.24, 2.45) is 0 Å². The second kappa shape index (κ2) is 17.2. The lowest BCUT2D eigenvalue weighted by atomic mass is 9.89. The molecule has 0 heterocycles. The molecule has 0 spiro atoms. The van der Waals surface area contributed by atoms with E-state index < -0.39 is 16.1 Å². The highest BCUT2D eigenvalue weighted by molar-refractivity contribution is 7.92. The fourth-order valence-electron chi connectivity index (χ4n) is 5.47. The van der Waals surface area contributed by atoms with Gasteiger partial charge >= 0.3 is 6.09 Å². The standard InChI is InChI=1S/C40H51N3O5S/c1-8-9-10-14-23-47-33-20-17-31(18-21-33)41-37-22-19-32(26-38(37)42-40(44)48-34-15-12-11-13-16-34)43-49(45,46)39-35(28(4)5)24-30(27(2)3)25-36(39)29(6)7/h11-13,15-22,24-29,41,43H,8-10,14,23H2,1-7H3,(H,42,44). The largest absolute Gasteiger partial charge is 0.494 e. The minimum atomic E-state index is -4.02. The molecule has 0 bridgehead atoms. The highest BCUT2D eigenvalue weighted by Crippen LogP contribution is 2.37. The number of hydrogen-bond donors (Lipinski definition) is 3. The van der Waals surface area contributed by atoms with Crippen LogP contribution in [0.1, 0.15) is 109 Å². The van der Waals surface area contributed by atoms with E-state index in [0.717, 1.165) is 41.0 Å². The molecule has 0 aliphatic carbocycles. The van der Waals surface area contributed by atoms with Gasteiger partial charge in [0, 0.05) is 5.69 Å². The van der Waals surface area contributed by atoms with Gasteiger partial charge in [0.1, 0.15) is 11.5 Å². The minimum Gasteiger partial charge on any atom is -0.494 e. The summed E-state index contributed by atoms with van der Waals surface area (Å²) in [5.74, 6) is 1.38. The van der Waals surface area contributed by atoms with Crippen molar-refractivity contribution in [2.75, 3.05) is 22.0 Å². The van der Waals surface area contributed by atoms with Crippen LogP contribution in [0.25, 0.3) is 0 Å². The van der Waals surface area contributed by atoms with Crippen LogP contribution >= 0.6 is 0 Å². The van der Waals surface area contributed by atoms with E-state index in [0.29, 0.717) is 34.3 Å². The molecule has 0 saturated carbocycles. The first-order chi connectivity index (χ1) is 23.4. The maximum atomic E-state index is 14.2.